The molecule has 1 atom stereocenters. The van der Waals surface area contributed by atoms with Crippen molar-refractivity contribution in [2.75, 3.05) is 11.6 Å². The predicted octanol–water partition coefficient (Wildman–Crippen LogP) is 4.83. The van der Waals surface area contributed by atoms with E-state index in [-0.39, 0.29) is 6.23 Å². The zero-order valence-electron chi connectivity index (χ0n) is 13.7. The molecule has 0 aliphatic carbocycles. The van der Waals surface area contributed by atoms with Crippen LogP contribution >= 0.6 is 27.7 Å². The molecule has 1 aromatic heterocycles. The van der Waals surface area contributed by atoms with Gasteiger partial charge in [-0.25, -0.2) is 0 Å². The molecule has 126 valence electrons. The number of fused-ring (bicyclic) bond motifs is 3. The van der Waals surface area contributed by atoms with Gasteiger partial charge in [0, 0.05) is 21.3 Å². The Kier molecular flexibility index (Phi) is 4.35. The molecule has 0 bridgehead atoms. The minimum atomic E-state index is -0.353. The molecule has 7 heteroatoms. The third-order valence-electron chi connectivity index (χ3n) is 4.04. The van der Waals surface area contributed by atoms with Crippen LogP contribution in [-0.2, 0) is 0 Å². The Bertz CT molecular complexity index is 950. The first-order valence-electron chi connectivity index (χ1n) is 7.73. The molecule has 0 amide bonds. The normalized spacial score (nSPS) is 15.4. The highest BCUT2D eigenvalue weighted by Crippen LogP contribution is 2.41. The molecular formula is C18H15BrN4OS. The lowest BCUT2D eigenvalue weighted by Crippen LogP contribution is -2.18. The van der Waals surface area contributed by atoms with Gasteiger partial charge in [0.15, 0.2) is 11.9 Å². The molecule has 1 aliphatic heterocycles. The highest BCUT2D eigenvalue weighted by Gasteiger charge is 2.26. The SMILES string of the molecule is CSc1nnc2c(n1)O[C@@H](c1ccccc1C)Nc1ccc(Br)cc1-2. The molecule has 3 aromatic rings. The molecule has 25 heavy (non-hydrogen) atoms. The van der Waals surface area contributed by atoms with Crippen molar-refractivity contribution in [3.8, 4) is 17.1 Å². The van der Waals surface area contributed by atoms with Gasteiger partial charge in [0.1, 0.15) is 0 Å². The summed E-state index contributed by atoms with van der Waals surface area (Å²) in [6, 6.07) is 14.1. The number of anilines is 1. The molecule has 4 rings (SSSR count). The predicted molar refractivity (Wildman–Crippen MR) is 103 cm³/mol. The van der Waals surface area contributed by atoms with Crippen molar-refractivity contribution in [1.29, 1.82) is 0 Å². The van der Waals surface area contributed by atoms with Gasteiger partial charge in [0.2, 0.25) is 11.0 Å². The summed E-state index contributed by atoms with van der Waals surface area (Å²) in [7, 11) is 0. The Balaban J connectivity index is 1.90. The van der Waals surface area contributed by atoms with Crippen molar-refractivity contribution in [2.45, 2.75) is 18.3 Å². The molecule has 1 N–H and O–H groups in total. The molecular weight excluding hydrogens is 400 g/mol. The fraction of sp³-hybridized carbons (Fsp3) is 0.167. The summed E-state index contributed by atoms with van der Waals surface area (Å²) in [6.45, 7) is 2.07. The monoisotopic (exact) mass is 414 g/mol. The number of aryl methyl sites for hydroxylation is 1. The van der Waals surface area contributed by atoms with Gasteiger partial charge >= 0.3 is 0 Å². The van der Waals surface area contributed by atoms with Crippen LogP contribution in [0.25, 0.3) is 11.3 Å². The fourth-order valence-electron chi connectivity index (χ4n) is 2.78. The summed E-state index contributed by atoms with van der Waals surface area (Å²) < 4.78 is 7.20. The molecule has 0 fully saturated rings. The van der Waals surface area contributed by atoms with Crippen molar-refractivity contribution in [2.24, 2.45) is 0 Å². The van der Waals surface area contributed by atoms with Gasteiger partial charge in [0.25, 0.3) is 0 Å². The Hall–Kier alpha value is -2.12. The van der Waals surface area contributed by atoms with Crippen LogP contribution in [-0.4, -0.2) is 21.4 Å². The van der Waals surface area contributed by atoms with Gasteiger partial charge in [-0.15, -0.1) is 10.2 Å². The number of hydrogen-bond acceptors (Lipinski definition) is 6. The smallest absolute Gasteiger partial charge is 0.247 e. The minimum absolute atomic E-state index is 0.353. The van der Waals surface area contributed by atoms with Crippen LogP contribution in [0.5, 0.6) is 5.88 Å². The largest absolute Gasteiger partial charge is 0.448 e. The molecule has 0 saturated heterocycles. The second-order valence-corrected chi connectivity index (χ2v) is 7.33. The minimum Gasteiger partial charge on any atom is -0.448 e. The van der Waals surface area contributed by atoms with Gasteiger partial charge in [-0.1, -0.05) is 52.0 Å². The number of halogens is 1. The summed E-state index contributed by atoms with van der Waals surface area (Å²) in [4.78, 5) is 4.54. The molecule has 0 saturated carbocycles. The molecule has 0 radical (unpaired) electrons. The first-order chi connectivity index (χ1) is 12.2. The summed E-state index contributed by atoms with van der Waals surface area (Å²) in [5.74, 6) is 0.483. The number of nitrogens with zero attached hydrogens (tertiary/aromatic N) is 3. The lowest BCUT2D eigenvalue weighted by molar-refractivity contribution is 0.224. The molecule has 5 nitrogen and oxygen atoms in total. The number of rotatable bonds is 2. The van der Waals surface area contributed by atoms with E-state index in [1.165, 1.54) is 11.8 Å². The third kappa shape index (κ3) is 3.09. The summed E-state index contributed by atoms with van der Waals surface area (Å²) in [6.07, 6.45) is 1.57. The average molecular weight is 415 g/mol. The topological polar surface area (TPSA) is 59.9 Å². The lowest BCUT2D eigenvalue weighted by Gasteiger charge is -2.21. The van der Waals surface area contributed by atoms with Gasteiger partial charge in [0.05, 0.1) is 0 Å². The van der Waals surface area contributed by atoms with E-state index in [1.807, 2.05) is 36.6 Å². The van der Waals surface area contributed by atoms with Crippen molar-refractivity contribution in [3.05, 3.63) is 58.1 Å². The van der Waals surface area contributed by atoms with Gasteiger partial charge in [-0.2, -0.15) is 4.98 Å². The Morgan fingerprint density at radius 2 is 2.00 bits per heavy atom. The quantitative estimate of drug-likeness (QED) is 0.605. The van der Waals surface area contributed by atoms with E-state index < -0.39 is 0 Å². The van der Waals surface area contributed by atoms with E-state index >= 15 is 0 Å². The number of nitrogens with one attached hydrogen (secondary N) is 1. The molecule has 0 unspecified atom stereocenters. The Morgan fingerprint density at radius 3 is 2.80 bits per heavy atom. The molecule has 2 aromatic carbocycles. The Morgan fingerprint density at radius 1 is 1.16 bits per heavy atom. The van der Waals surface area contributed by atoms with Gasteiger partial charge < -0.3 is 10.1 Å². The van der Waals surface area contributed by atoms with E-state index in [2.05, 4.69) is 55.5 Å². The van der Waals surface area contributed by atoms with Crippen LogP contribution in [0, 0.1) is 6.92 Å². The maximum Gasteiger partial charge on any atom is 0.247 e. The zero-order valence-corrected chi connectivity index (χ0v) is 16.1. The Labute approximate surface area is 158 Å². The average Bonchev–Trinajstić information content (AvgIpc) is 2.78. The van der Waals surface area contributed by atoms with Crippen LogP contribution in [0.2, 0.25) is 0 Å². The van der Waals surface area contributed by atoms with Crippen LogP contribution in [0.1, 0.15) is 17.4 Å². The second kappa shape index (κ2) is 6.65. The van der Waals surface area contributed by atoms with E-state index in [0.29, 0.717) is 16.7 Å². The number of thioether (sulfide) groups is 1. The fourth-order valence-corrected chi connectivity index (χ4v) is 3.44. The summed E-state index contributed by atoms with van der Waals surface area (Å²) in [5.41, 5.74) is 4.69. The number of ether oxygens (including phenoxy) is 1. The van der Waals surface area contributed by atoms with Crippen LogP contribution in [0.3, 0.4) is 0 Å². The van der Waals surface area contributed by atoms with E-state index in [0.717, 1.165) is 26.9 Å². The second-order valence-electron chi connectivity index (χ2n) is 5.64. The standard InChI is InChI=1S/C18H15BrN4OS/c1-10-5-3-4-6-12(10)16-20-14-8-7-11(19)9-13(14)15-17(24-16)21-18(25-2)23-22-15/h3-9,16,20H,1-2H3/t16-/m0/s1. The molecule has 1 aliphatic rings. The van der Waals surface area contributed by atoms with E-state index in [1.54, 1.807) is 0 Å². The lowest BCUT2D eigenvalue weighted by atomic mass is 10.1. The van der Waals surface area contributed by atoms with Gasteiger partial charge in [-0.05, 0) is 36.9 Å². The highest BCUT2D eigenvalue weighted by atomic mass is 79.9. The van der Waals surface area contributed by atoms with Crippen LogP contribution in [0.4, 0.5) is 5.69 Å². The van der Waals surface area contributed by atoms with Crippen molar-refractivity contribution in [3.63, 3.8) is 0 Å². The zero-order chi connectivity index (χ0) is 17.4. The van der Waals surface area contributed by atoms with Crippen molar-refractivity contribution >= 4 is 33.4 Å². The molecule has 2 heterocycles. The summed E-state index contributed by atoms with van der Waals surface area (Å²) in [5, 5.41) is 12.6. The van der Waals surface area contributed by atoms with Crippen molar-refractivity contribution in [1.82, 2.24) is 15.2 Å². The maximum atomic E-state index is 6.24. The van der Waals surface area contributed by atoms with Crippen molar-refractivity contribution < 1.29 is 4.74 Å². The van der Waals surface area contributed by atoms with Crippen LogP contribution < -0.4 is 10.1 Å². The van der Waals surface area contributed by atoms with Gasteiger partial charge in [-0.3, -0.25) is 0 Å². The number of benzene rings is 2. The van der Waals surface area contributed by atoms with E-state index in [9.17, 15) is 0 Å². The molecule has 0 spiro atoms. The summed E-state index contributed by atoms with van der Waals surface area (Å²) >= 11 is 4.96. The third-order valence-corrected chi connectivity index (χ3v) is 5.07. The maximum absolute atomic E-state index is 6.24. The van der Waals surface area contributed by atoms with E-state index in [4.69, 9.17) is 4.74 Å². The van der Waals surface area contributed by atoms with Crippen LogP contribution in [0.15, 0.2) is 52.1 Å². The first kappa shape index (κ1) is 16.4. The highest BCUT2D eigenvalue weighted by molar-refractivity contribution is 9.10. The first-order valence-corrected chi connectivity index (χ1v) is 9.75. The number of aromatic nitrogens is 3. The number of hydrogen-bond donors (Lipinski definition) is 1.